The molecule has 0 radical (unpaired) electrons. The van der Waals surface area contributed by atoms with Gasteiger partial charge < -0.3 is 5.32 Å². The first-order valence-electron chi connectivity index (χ1n) is 8.52. The molecule has 2 nitrogen and oxygen atoms in total. The van der Waals surface area contributed by atoms with Crippen LogP contribution in [0.15, 0.2) is 22.7 Å². The molecule has 3 fully saturated rings. The maximum absolute atomic E-state index is 3.80. The molecule has 0 bridgehead atoms. The molecular formula is C18H25BrN2. The van der Waals surface area contributed by atoms with Crippen LogP contribution in [0.2, 0.25) is 0 Å². The van der Waals surface area contributed by atoms with Gasteiger partial charge in [0, 0.05) is 36.2 Å². The Morgan fingerprint density at radius 2 is 1.90 bits per heavy atom. The van der Waals surface area contributed by atoms with E-state index in [1.54, 1.807) is 0 Å². The molecule has 0 spiro atoms. The smallest absolute Gasteiger partial charge is 0.0247 e. The van der Waals surface area contributed by atoms with E-state index in [9.17, 15) is 0 Å². The van der Waals surface area contributed by atoms with E-state index >= 15 is 0 Å². The molecule has 3 heteroatoms. The van der Waals surface area contributed by atoms with Crippen molar-refractivity contribution in [2.75, 3.05) is 6.54 Å². The maximum Gasteiger partial charge on any atom is 0.0247 e. The molecule has 3 aliphatic carbocycles. The first-order chi connectivity index (χ1) is 10.3. The van der Waals surface area contributed by atoms with Crippen molar-refractivity contribution in [1.82, 2.24) is 10.2 Å². The summed E-state index contributed by atoms with van der Waals surface area (Å²) >= 11 is 3.80. The Balaban J connectivity index is 1.38. The average molecular weight is 349 g/mol. The largest absolute Gasteiger partial charge is 0.310 e. The standard InChI is InChI=1S/C18H25BrN2/c19-18-9-14(10-20-16-5-6-16)3-4-15(18)12-21(17-7-8-17)11-13-1-2-13/h3-4,9,13,16-17,20H,1-2,5-8,10-12H2. The van der Waals surface area contributed by atoms with E-state index in [0.29, 0.717) is 0 Å². The number of hydrogen-bond acceptors (Lipinski definition) is 2. The Labute approximate surface area is 136 Å². The fraction of sp³-hybridized carbons (Fsp3) is 0.667. The molecule has 0 amide bonds. The average Bonchev–Trinajstić information content (AvgIpc) is 3.34. The number of benzene rings is 1. The van der Waals surface area contributed by atoms with Gasteiger partial charge in [-0.05, 0) is 61.6 Å². The first kappa shape index (κ1) is 14.2. The van der Waals surface area contributed by atoms with Crippen LogP contribution in [-0.4, -0.2) is 23.5 Å². The highest BCUT2D eigenvalue weighted by Gasteiger charge is 2.33. The molecular weight excluding hydrogens is 324 g/mol. The molecule has 1 aromatic carbocycles. The Kier molecular flexibility index (Phi) is 4.08. The Bertz CT molecular complexity index is 504. The van der Waals surface area contributed by atoms with Gasteiger partial charge in [-0.2, -0.15) is 0 Å². The summed E-state index contributed by atoms with van der Waals surface area (Å²) in [4.78, 5) is 2.72. The molecule has 114 valence electrons. The minimum Gasteiger partial charge on any atom is -0.310 e. The first-order valence-corrected chi connectivity index (χ1v) is 9.32. The van der Waals surface area contributed by atoms with Crippen molar-refractivity contribution in [3.8, 4) is 0 Å². The molecule has 3 aliphatic rings. The van der Waals surface area contributed by atoms with Crippen LogP contribution in [0.5, 0.6) is 0 Å². The van der Waals surface area contributed by atoms with Gasteiger partial charge in [-0.15, -0.1) is 0 Å². The summed E-state index contributed by atoms with van der Waals surface area (Å²) in [6, 6.07) is 8.60. The minimum absolute atomic E-state index is 0.785. The van der Waals surface area contributed by atoms with Gasteiger partial charge in [0.2, 0.25) is 0 Å². The molecule has 21 heavy (non-hydrogen) atoms. The second kappa shape index (κ2) is 6.02. The second-order valence-electron chi connectivity index (χ2n) is 7.18. The predicted octanol–water partition coefficient (Wildman–Crippen LogP) is 4.08. The fourth-order valence-electron chi connectivity index (χ4n) is 3.01. The summed E-state index contributed by atoms with van der Waals surface area (Å²) in [7, 11) is 0. The SMILES string of the molecule is Brc1cc(CNC2CC2)ccc1CN(CC1CC1)C1CC1. The lowest BCUT2D eigenvalue weighted by atomic mass is 10.1. The van der Waals surface area contributed by atoms with Crippen LogP contribution < -0.4 is 5.32 Å². The van der Waals surface area contributed by atoms with Crippen molar-refractivity contribution in [3.63, 3.8) is 0 Å². The van der Waals surface area contributed by atoms with Gasteiger partial charge in [0.05, 0.1) is 0 Å². The van der Waals surface area contributed by atoms with Crippen LogP contribution in [-0.2, 0) is 13.1 Å². The monoisotopic (exact) mass is 348 g/mol. The van der Waals surface area contributed by atoms with E-state index in [1.807, 2.05) is 0 Å². The van der Waals surface area contributed by atoms with Gasteiger partial charge in [-0.1, -0.05) is 28.1 Å². The van der Waals surface area contributed by atoms with E-state index in [-0.39, 0.29) is 0 Å². The number of hydrogen-bond donors (Lipinski definition) is 1. The van der Waals surface area contributed by atoms with Gasteiger partial charge >= 0.3 is 0 Å². The van der Waals surface area contributed by atoms with Gasteiger partial charge in [-0.3, -0.25) is 4.90 Å². The summed E-state index contributed by atoms with van der Waals surface area (Å²) in [6.07, 6.45) is 8.45. The lowest BCUT2D eigenvalue weighted by molar-refractivity contribution is 0.243. The Morgan fingerprint density at radius 3 is 2.52 bits per heavy atom. The summed E-state index contributed by atoms with van der Waals surface area (Å²) in [5.41, 5.74) is 2.86. The van der Waals surface area contributed by atoms with Crippen LogP contribution in [0.25, 0.3) is 0 Å². The summed E-state index contributed by atoms with van der Waals surface area (Å²) < 4.78 is 1.29. The van der Waals surface area contributed by atoms with E-state index in [0.717, 1.165) is 31.1 Å². The third kappa shape index (κ3) is 4.08. The van der Waals surface area contributed by atoms with E-state index < -0.39 is 0 Å². The zero-order valence-corrected chi connectivity index (χ0v) is 14.2. The highest BCUT2D eigenvalue weighted by atomic mass is 79.9. The maximum atomic E-state index is 3.80. The van der Waals surface area contributed by atoms with Gasteiger partial charge in [-0.25, -0.2) is 0 Å². The van der Waals surface area contributed by atoms with Crippen LogP contribution in [0, 0.1) is 5.92 Å². The van der Waals surface area contributed by atoms with Crippen molar-refractivity contribution in [2.24, 2.45) is 5.92 Å². The molecule has 4 rings (SSSR count). The van der Waals surface area contributed by atoms with Crippen molar-refractivity contribution >= 4 is 15.9 Å². The van der Waals surface area contributed by atoms with Crippen molar-refractivity contribution in [3.05, 3.63) is 33.8 Å². The van der Waals surface area contributed by atoms with Crippen LogP contribution in [0.4, 0.5) is 0 Å². The van der Waals surface area contributed by atoms with Gasteiger partial charge in [0.15, 0.2) is 0 Å². The number of rotatable bonds is 8. The number of halogens is 1. The molecule has 0 atom stereocenters. The normalized spacial score (nSPS) is 22.0. The Hall–Kier alpha value is -0.380. The third-order valence-corrected chi connectivity index (χ3v) is 5.65. The van der Waals surface area contributed by atoms with E-state index in [1.165, 1.54) is 60.7 Å². The zero-order valence-electron chi connectivity index (χ0n) is 12.7. The quantitative estimate of drug-likeness (QED) is 0.761. The third-order valence-electron chi connectivity index (χ3n) is 4.92. The molecule has 1 aromatic rings. The fourth-order valence-corrected chi connectivity index (χ4v) is 3.56. The molecule has 0 aromatic heterocycles. The van der Waals surface area contributed by atoms with E-state index in [4.69, 9.17) is 0 Å². The highest BCUT2D eigenvalue weighted by Crippen LogP contribution is 2.36. The summed E-state index contributed by atoms with van der Waals surface area (Å²) in [5, 5.41) is 3.59. The number of nitrogens with one attached hydrogen (secondary N) is 1. The molecule has 0 saturated heterocycles. The van der Waals surface area contributed by atoms with Crippen LogP contribution >= 0.6 is 15.9 Å². The molecule has 1 N–H and O–H groups in total. The van der Waals surface area contributed by atoms with Gasteiger partial charge in [0.1, 0.15) is 0 Å². The lowest BCUT2D eigenvalue weighted by Gasteiger charge is -2.22. The van der Waals surface area contributed by atoms with Crippen LogP contribution in [0.3, 0.4) is 0 Å². The molecule has 0 unspecified atom stereocenters. The van der Waals surface area contributed by atoms with Crippen LogP contribution in [0.1, 0.15) is 49.7 Å². The van der Waals surface area contributed by atoms with Crippen molar-refractivity contribution < 1.29 is 0 Å². The summed E-state index contributed by atoms with van der Waals surface area (Å²) in [5.74, 6) is 0.992. The topological polar surface area (TPSA) is 15.3 Å². The lowest BCUT2D eigenvalue weighted by Crippen LogP contribution is -2.28. The minimum atomic E-state index is 0.785. The zero-order chi connectivity index (χ0) is 14.2. The molecule has 0 heterocycles. The van der Waals surface area contributed by atoms with Gasteiger partial charge in [0.25, 0.3) is 0 Å². The summed E-state index contributed by atoms with van der Waals surface area (Å²) in [6.45, 7) is 3.46. The Morgan fingerprint density at radius 1 is 1.10 bits per heavy atom. The molecule has 3 saturated carbocycles. The van der Waals surface area contributed by atoms with Crippen molar-refractivity contribution in [2.45, 2.75) is 63.7 Å². The predicted molar refractivity (Wildman–Crippen MR) is 90.2 cm³/mol. The second-order valence-corrected chi connectivity index (χ2v) is 8.04. The number of nitrogens with zero attached hydrogens (tertiary/aromatic N) is 1. The highest BCUT2D eigenvalue weighted by molar-refractivity contribution is 9.10. The molecule has 0 aliphatic heterocycles. The van der Waals surface area contributed by atoms with E-state index in [2.05, 4.69) is 44.3 Å². The van der Waals surface area contributed by atoms with Crippen molar-refractivity contribution in [1.29, 1.82) is 0 Å².